The molecule has 0 aromatic heterocycles. The summed E-state index contributed by atoms with van der Waals surface area (Å²) in [7, 11) is 1.42. The van der Waals surface area contributed by atoms with Gasteiger partial charge in [-0.1, -0.05) is 17.7 Å². The Morgan fingerprint density at radius 3 is 2.75 bits per heavy atom. The van der Waals surface area contributed by atoms with Crippen LogP contribution in [0.4, 0.5) is 11.4 Å². The lowest BCUT2D eigenvalue weighted by Crippen LogP contribution is -2.20. The highest BCUT2D eigenvalue weighted by molar-refractivity contribution is 6.32. The number of amides is 2. The predicted octanol–water partition coefficient (Wildman–Crippen LogP) is 2.85. The zero-order valence-corrected chi connectivity index (χ0v) is 16.5. The molecule has 2 amide bonds. The lowest BCUT2D eigenvalue weighted by Gasteiger charge is -2.17. The maximum Gasteiger partial charge on any atom is 0.255 e. The summed E-state index contributed by atoms with van der Waals surface area (Å²) in [4.78, 5) is 25.9. The Morgan fingerprint density at radius 1 is 1.29 bits per heavy atom. The fourth-order valence-electron chi connectivity index (χ4n) is 3.19. The summed E-state index contributed by atoms with van der Waals surface area (Å²) < 4.78 is 10.5. The maximum atomic E-state index is 12.7. The zero-order valence-electron chi connectivity index (χ0n) is 15.8. The third-order valence-electron chi connectivity index (χ3n) is 4.57. The Kier molecular flexibility index (Phi) is 5.94. The summed E-state index contributed by atoms with van der Waals surface area (Å²) in [5.41, 5.74) is 8.52. The fraction of sp³-hybridized carbons (Fsp3) is 0.300. The minimum absolute atomic E-state index is 0.150. The Bertz CT molecular complexity index is 917. The summed E-state index contributed by atoms with van der Waals surface area (Å²) in [5.74, 6) is -0.569. The first kappa shape index (κ1) is 19.8. The molecule has 28 heavy (non-hydrogen) atoms. The standard InChI is InChI=1S/C20H22ClN3O4/c1-3-24-7-6-12-4-5-14(10-16(12)24)23-20(26)13-8-15(21)19(17(9-13)27-2)28-11-18(22)25/h4-5,8-10H,3,6-7,11H2,1-2H3,(H2,22,25)(H,23,26). The molecule has 0 saturated heterocycles. The summed E-state index contributed by atoms with van der Waals surface area (Å²) >= 11 is 6.21. The van der Waals surface area contributed by atoms with E-state index in [1.165, 1.54) is 24.8 Å². The number of carbonyl (C=O) groups is 2. The van der Waals surface area contributed by atoms with Crippen molar-refractivity contribution in [3.8, 4) is 11.5 Å². The minimum atomic E-state index is -0.641. The number of nitrogens with two attached hydrogens (primary N) is 1. The molecular weight excluding hydrogens is 382 g/mol. The number of benzene rings is 2. The molecule has 0 unspecified atom stereocenters. The number of hydrogen-bond acceptors (Lipinski definition) is 5. The second-order valence-corrected chi connectivity index (χ2v) is 6.78. The molecule has 3 rings (SSSR count). The number of ether oxygens (including phenoxy) is 2. The van der Waals surface area contributed by atoms with Crippen LogP contribution in [0, 0.1) is 0 Å². The van der Waals surface area contributed by atoms with Crippen molar-refractivity contribution in [2.45, 2.75) is 13.3 Å². The van der Waals surface area contributed by atoms with Crippen molar-refractivity contribution in [2.24, 2.45) is 5.73 Å². The second kappa shape index (κ2) is 8.39. The van der Waals surface area contributed by atoms with E-state index in [2.05, 4.69) is 17.1 Å². The van der Waals surface area contributed by atoms with E-state index in [0.717, 1.165) is 25.2 Å². The molecule has 0 saturated carbocycles. The highest BCUT2D eigenvalue weighted by atomic mass is 35.5. The van der Waals surface area contributed by atoms with Gasteiger partial charge in [0.15, 0.2) is 18.1 Å². The second-order valence-electron chi connectivity index (χ2n) is 6.37. The van der Waals surface area contributed by atoms with Crippen molar-refractivity contribution in [2.75, 3.05) is 37.0 Å². The summed E-state index contributed by atoms with van der Waals surface area (Å²) in [5, 5.41) is 3.04. The first-order valence-corrected chi connectivity index (χ1v) is 9.28. The SMILES string of the molecule is CCN1CCc2ccc(NC(=O)c3cc(Cl)c(OCC(N)=O)c(OC)c3)cc21. The molecule has 2 aromatic rings. The number of nitrogens with one attached hydrogen (secondary N) is 1. The predicted molar refractivity (Wildman–Crippen MR) is 109 cm³/mol. The Labute approximate surface area is 168 Å². The van der Waals surface area contributed by atoms with E-state index >= 15 is 0 Å². The molecule has 8 heteroatoms. The van der Waals surface area contributed by atoms with Crippen LogP contribution < -0.4 is 25.4 Å². The molecular formula is C20H22ClN3O4. The van der Waals surface area contributed by atoms with Gasteiger partial charge in [0, 0.05) is 30.0 Å². The van der Waals surface area contributed by atoms with Crippen LogP contribution in [-0.2, 0) is 11.2 Å². The van der Waals surface area contributed by atoms with E-state index in [0.29, 0.717) is 11.3 Å². The average molecular weight is 404 g/mol. The van der Waals surface area contributed by atoms with Crippen LogP contribution in [0.1, 0.15) is 22.8 Å². The van der Waals surface area contributed by atoms with E-state index in [1.807, 2.05) is 18.2 Å². The van der Waals surface area contributed by atoms with Crippen LogP contribution in [0.2, 0.25) is 5.02 Å². The summed E-state index contributed by atoms with van der Waals surface area (Å²) in [6.45, 7) is 3.67. The van der Waals surface area contributed by atoms with Gasteiger partial charge in [0.1, 0.15) is 0 Å². The summed E-state index contributed by atoms with van der Waals surface area (Å²) in [6.07, 6.45) is 1.01. The van der Waals surface area contributed by atoms with Crippen molar-refractivity contribution in [1.29, 1.82) is 0 Å². The molecule has 1 heterocycles. The fourth-order valence-corrected chi connectivity index (χ4v) is 3.45. The van der Waals surface area contributed by atoms with E-state index in [9.17, 15) is 9.59 Å². The van der Waals surface area contributed by atoms with Crippen LogP contribution >= 0.6 is 11.6 Å². The molecule has 1 aliphatic rings. The van der Waals surface area contributed by atoms with Crippen LogP contribution in [0.3, 0.4) is 0 Å². The Balaban J connectivity index is 1.81. The quantitative estimate of drug-likeness (QED) is 0.741. The first-order chi connectivity index (χ1) is 13.4. The molecule has 148 valence electrons. The highest BCUT2D eigenvalue weighted by Crippen LogP contribution is 2.37. The monoisotopic (exact) mass is 403 g/mol. The molecule has 0 fully saturated rings. The molecule has 3 N–H and O–H groups in total. The smallest absolute Gasteiger partial charge is 0.255 e. The maximum absolute atomic E-state index is 12.7. The van der Waals surface area contributed by atoms with Gasteiger partial charge in [-0.25, -0.2) is 0 Å². The lowest BCUT2D eigenvalue weighted by atomic mass is 10.1. The van der Waals surface area contributed by atoms with Gasteiger partial charge in [-0.05, 0) is 43.2 Å². The van der Waals surface area contributed by atoms with Crippen molar-refractivity contribution in [3.63, 3.8) is 0 Å². The number of rotatable bonds is 7. The molecule has 0 spiro atoms. The largest absolute Gasteiger partial charge is 0.493 e. The number of likely N-dealkylation sites (N-methyl/N-ethyl adjacent to an activating group) is 1. The van der Waals surface area contributed by atoms with Gasteiger partial charge in [-0.2, -0.15) is 0 Å². The molecule has 0 bridgehead atoms. The first-order valence-electron chi connectivity index (χ1n) is 8.90. The molecule has 0 radical (unpaired) electrons. The lowest BCUT2D eigenvalue weighted by molar-refractivity contribution is -0.119. The zero-order chi connectivity index (χ0) is 20.3. The van der Waals surface area contributed by atoms with Crippen LogP contribution in [-0.4, -0.2) is 38.6 Å². The number of anilines is 2. The topological polar surface area (TPSA) is 93.9 Å². The van der Waals surface area contributed by atoms with Crippen LogP contribution in [0.25, 0.3) is 0 Å². The van der Waals surface area contributed by atoms with E-state index in [1.54, 1.807) is 0 Å². The normalized spacial score (nSPS) is 12.5. The van der Waals surface area contributed by atoms with Crippen LogP contribution in [0.15, 0.2) is 30.3 Å². The van der Waals surface area contributed by atoms with Crippen molar-refractivity contribution >= 4 is 34.8 Å². The number of hydrogen-bond donors (Lipinski definition) is 2. The number of fused-ring (bicyclic) bond motifs is 1. The third kappa shape index (κ3) is 4.14. The number of nitrogens with zero attached hydrogens (tertiary/aromatic N) is 1. The van der Waals surface area contributed by atoms with Crippen molar-refractivity contribution in [1.82, 2.24) is 0 Å². The number of methoxy groups -OCH3 is 1. The van der Waals surface area contributed by atoms with Crippen LogP contribution in [0.5, 0.6) is 11.5 Å². The molecule has 1 aliphatic heterocycles. The van der Waals surface area contributed by atoms with Gasteiger partial charge in [0.2, 0.25) is 0 Å². The van der Waals surface area contributed by atoms with Gasteiger partial charge >= 0.3 is 0 Å². The van der Waals surface area contributed by atoms with E-state index < -0.39 is 5.91 Å². The number of carbonyl (C=O) groups excluding carboxylic acids is 2. The van der Waals surface area contributed by atoms with Gasteiger partial charge in [0.25, 0.3) is 11.8 Å². The van der Waals surface area contributed by atoms with Gasteiger partial charge in [-0.15, -0.1) is 0 Å². The van der Waals surface area contributed by atoms with Gasteiger partial charge in [-0.3, -0.25) is 9.59 Å². The summed E-state index contributed by atoms with van der Waals surface area (Å²) in [6, 6.07) is 8.87. The average Bonchev–Trinajstić information content (AvgIpc) is 3.08. The highest BCUT2D eigenvalue weighted by Gasteiger charge is 2.20. The van der Waals surface area contributed by atoms with Gasteiger partial charge in [0.05, 0.1) is 12.1 Å². The van der Waals surface area contributed by atoms with Gasteiger partial charge < -0.3 is 25.4 Å². The van der Waals surface area contributed by atoms with Crippen molar-refractivity contribution < 1.29 is 19.1 Å². The Morgan fingerprint density at radius 2 is 2.07 bits per heavy atom. The number of halogens is 1. The molecule has 0 atom stereocenters. The molecule has 7 nitrogen and oxygen atoms in total. The Hall–Kier alpha value is -2.93. The van der Waals surface area contributed by atoms with E-state index in [4.69, 9.17) is 26.8 Å². The van der Waals surface area contributed by atoms with Crippen molar-refractivity contribution in [3.05, 3.63) is 46.5 Å². The molecule has 0 aliphatic carbocycles. The molecule has 2 aromatic carbocycles. The number of primary amides is 1. The van der Waals surface area contributed by atoms with E-state index in [-0.39, 0.29) is 29.0 Å². The minimum Gasteiger partial charge on any atom is -0.493 e. The third-order valence-corrected chi connectivity index (χ3v) is 4.85.